The topological polar surface area (TPSA) is 103 Å². The molecule has 4 aromatic rings. The summed E-state index contributed by atoms with van der Waals surface area (Å²) in [7, 11) is 0. The molecule has 0 aromatic carbocycles. The highest BCUT2D eigenvalue weighted by atomic mass is 32.1. The lowest BCUT2D eigenvalue weighted by Crippen LogP contribution is -2.33. The van der Waals surface area contributed by atoms with Gasteiger partial charge in [-0.1, -0.05) is 12.1 Å². The summed E-state index contributed by atoms with van der Waals surface area (Å²) in [5, 5.41) is 10.8. The molecule has 1 N–H and O–H groups in total. The zero-order valence-corrected chi connectivity index (χ0v) is 18.3. The Balaban J connectivity index is 1.57. The number of rotatable bonds is 6. The van der Waals surface area contributed by atoms with Crippen molar-refractivity contribution >= 4 is 51.5 Å². The van der Waals surface area contributed by atoms with Gasteiger partial charge in [0, 0.05) is 6.04 Å². The average Bonchev–Trinajstić information content (AvgIpc) is 3.51. The molecule has 0 aliphatic heterocycles. The molecule has 0 spiro atoms. The highest BCUT2D eigenvalue weighted by molar-refractivity contribution is 7.13. The normalized spacial score (nSPS) is 11.1. The van der Waals surface area contributed by atoms with E-state index >= 15 is 0 Å². The highest BCUT2D eigenvalue weighted by Crippen LogP contribution is 2.29. The third-order valence-electron chi connectivity index (χ3n) is 4.38. The minimum absolute atomic E-state index is 0.0431. The van der Waals surface area contributed by atoms with Crippen LogP contribution in [0.5, 0.6) is 0 Å². The number of nitrogens with one attached hydrogen (secondary N) is 1. The van der Waals surface area contributed by atoms with Gasteiger partial charge in [-0.2, -0.15) is 5.10 Å². The van der Waals surface area contributed by atoms with Gasteiger partial charge in [0.1, 0.15) is 0 Å². The number of aromatic nitrogens is 3. The van der Waals surface area contributed by atoms with Gasteiger partial charge in [-0.15, -0.1) is 22.7 Å². The number of nitrogens with zero attached hydrogens (tertiary/aromatic N) is 3. The molecule has 4 aromatic heterocycles. The number of carbonyl (C=O) groups excluding carboxylic acids is 3. The van der Waals surface area contributed by atoms with Crippen molar-refractivity contribution in [1.29, 1.82) is 0 Å². The van der Waals surface area contributed by atoms with Crippen LogP contribution in [0.3, 0.4) is 0 Å². The molecule has 8 nitrogen and oxygen atoms in total. The van der Waals surface area contributed by atoms with Crippen LogP contribution >= 0.6 is 22.7 Å². The molecule has 0 radical (unpaired) electrons. The van der Waals surface area contributed by atoms with E-state index in [1.807, 2.05) is 31.4 Å². The van der Waals surface area contributed by atoms with E-state index in [0.29, 0.717) is 21.6 Å². The Hall–Kier alpha value is -3.37. The Labute approximate surface area is 185 Å². The number of hydrogen-bond acceptors (Lipinski definition) is 8. The first-order valence-electron chi connectivity index (χ1n) is 9.41. The lowest BCUT2D eigenvalue weighted by molar-refractivity contribution is -0.123. The standard InChI is InChI=1S/C21H18N4O4S2/c1-12(2)25-19-14(10-22-25)13(9-15(23-19)16-5-3-7-30-16)21(28)29-11-18(26)24-20(27)17-6-4-8-31-17/h3-10,12H,11H2,1-2H3,(H,24,26,27). The average molecular weight is 455 g/mol. The van der Waals surface area contributed by atoms with E-state index in [9.17, 15) is 14.4 Å². The number of hydrogen-bond donors (Lipinski definition) is 1. The van der Waals surface area contributed by atoms with Crippen LogP contribution in [0.1, 0.15) is 39.9 Å². The zero-order chi connectivity index (χ0) is 22.0. The van der Waals surface area contributed by atoms with E-state index in [-0.39, 0.29) is 11.6 Å². The SMILES string of the molecule is CC(C)n1ncc2c(C(=O)OCC(=O)NC(=O)c3cccs3)cc(-c3cccs3)nc21. The summed E-state index contributed by atoms with van der Waals surface area (Å²) in [5.41, 5.74) is 1.44. The Kier molecular flexibility index (Phi) is 5.92. The number of thiophene rings is 2. The molecule has 0 saturated carbocycles. The molecule has 0 aliphatic rings. The van der Waals surface area contributed by atoms with Gasteiger partial charge in [0.25, 0.3) is 11.8 Å². The molecule has 2 amide bonds. The van der Waals surface area contributed by atoms with Gasteiger partial charge in [0.2, 0.25) is 0 Å². The Morgan fingerprint density at radius 1 is 1.16 bits per heavy atom. The van der Waals surface area contributed by atoms with Crippen molar-refractivity contribution in [2.75, 3.05) is 6.61 Å². The summed E-state index contributed by atoms with van der Waals surface area (Å²) < 4.78 is 6.93. The van der Waals surface area contributed by atoms with Crippen molar-refractivity contribution in [3.8, 4) is 10.6 Å². The molecule has 10 heteroatoms. The minimum atomic E-state index is -0.701. The molecule has 4 heterocycles. The van der Waals surface area contributed by atoms with E-state index in [0.717, 1.165) is 4.88 Å². The van der Waals surface area contributed by atoms with Gasteiger partial charge in [-0.25, -0.2) is 14.5 Å². The van der Waals surface area contributed by atoms with Crippen LogP contribution in [0, 0.1) is 0 Å². The quantitative estimate of drug-likeness (QED) is 0.443. The molecule has 4 rings (SSSR count). The predicted octanol–water partition coefficient (Wildman–Crippen LogP) is 3.92. The second-order valence-corrected chi connectivity index (χ2v) is 8.78. The lowest BCUT2D eigenvalue weighted by Gasteiger charge is -2.10. The summed E-state index contributed by atoms with van der Waals surface area (Å²) in [6.07, 6.45) is 1.57. The van der Waals surface area contributed by atoms with Gasteiger partial charge in [-0.3, -0.25) is 14.9 Å². The number of pyridine rings is 1. The monoisotopic (exact) mass is 454 g/mol. The molecule has 0 bridgehead atoms. The van der Waals surface area contributed by atoms with E-state index in [4.69, 9.17) is 4.74 Å². The van der Waals surface area contributed by atoms with Crippen LogP contribution in [0.15, 0.2) is 47.3 Å². The third-order valence-corrected chi connectivity index (χ3v) is 6.14. The van der Waals surface area contributed by atoms with Crippen molar-refractivity contribution in [3.05, 3.63) is 57.7 Å². The van der Waals surface area contributed by atoms with Gasteiger partial charge in [-0.05, 0) is 42.8 Å². The molecular formula is C21H18N4O4S2. The van der Waals surface area contributed by atoms with Gasteiger partial charge in [0.15, 0.2) is 12.3 Å². The fraction of sp³-hybridized carbons (Fsp3) is 0.190. The maximum atomic E-state index is 12.8. The predicted molar refractivity (Wildman–Crippen MR) is 118 cm³/mol. The second kappa shape index (κ2) is 8.78. The van der Waals surface area contributed by atoms with Crippen LogP contribution in [0.2, 0.25) is 0 Å². The largest absolute Gasteiger partial charge is 0.452 e. The van der Waals surface area contributed by atoms with Gasteiger partial charge in [0.05, 0.1) is 32.6 Å². The Morgan fingerprint density at radius 2 is 1.94 bits per heavy atom. The Bertz CT molecular complexity index is 1240. The van der Waals surface area contributed by atoms with Crippen LogP contribution < -0.4 is 5.32 Å². The maximum Gasteiger partial charge on any atom is 0.339 e. The number of amides is 2. The van der Waals surface area contributed by atoms with E-state index in [1.165, 1.54) is 22.7 Å². The smallest absolute Gasteiger partial charge is 0.339 e. The second-order valence-electron chi connectivity index (χ2n) is 6.88. The lowest BCUT2D eigenvalue weighted by atomic mass is 10.1. The number of esters is 1. The van der Waals surface area contributed by atoms with Crippen LogP contribution in [0.4, 0.5) is 0 Å². The summed E-state index contributed by atoms with van der Waals surface area (Å²) in [6.45, 7) is 3.37. The van der Waals surface area contributed by atoms with Gasteiger partial charge >= 0.3 is 5.97 Å². The number of ether oxygens (including phenoxy) is 1. The molecule has 0 fully saturated rings. The first-order chi connectivity index (χ1) is 14.9. The number of fused-ring (bicyclic) bond motifs is 1. The van der Waals surface area contributed by atoms with Crippen LogP contribution in [-0.2, 0) is 9.53 Å². The molecule has 0 aliphatic carbocycles. The molecule has 0 unspecified atom stereocenters. The molecule has 158 valence electrons. The van der Waals surface area contributed by atoms with Crippen molar-refractivity contribution in [2.24, 2.45) is 0 Å². The van der Waals surface area contributed by atoms with E-state index in [1.54, 1.807) is 34.5 Å². The fourth-order valence-corrected chi connectivity index (χ4v) is 4.26. The maximum absolute atomic E-state index is 12.8. The molecular weight excluding hydrogens is 436 g/mol. The van der Waals surface area contributed by atoms with Crippen LogP contribution in [0.25, 0.3) is 21.6 Å². The van der Waals surface area contributed by atoms with Crippen molar-refractivity contribution < 1.29 is 19.1 Å². The number of carbonyl (C=O) groups is 3. The molecule has 0 atom stereocenters. The van der Waals surface area contributed by atoms with E-state index < -0.39 is 24.4 Å². The zero-order valence-electron chi connectivity index (χ0n) is 16.7. The fourth-order valence-electron chi connectivity index (χ4n) is 2.96. The Morgan fingerprint density at radius 3 is 2.61 bits per heavy atom. The highest BCUT2D eigenvalue weighted by Gasteiger charge is 2.21. The van der Waals surface area contributed by atoms with E-state index in [2.05, 4.69) is 15.4 Å². The van der Waals surface area contributed by atoms with Crippen molar-refractivity contribution in [3.63, 3.8) is 0 Å². The summed E-state index contributed by atoms with van der Waals surface area (Å²) >= 11 is 2.71. The number of imide groups is 1. The molecule has 31 heavy (non-hydrogen) atoms. The minimum Gasteiger partial charge on any atom is -0.452 e. The molecule has 0 saturated heterocycles. The summed E-state index contributed by atoms with van der Waals surface area (Å²) in [6, 6.07) is 8.80. The first-order valence-corrected chi connectivity index (χ1v) is 11.2. The van der Waals surface area contributed by atoms with Gasteiger partial charge < -0.3 is 4.74 Å². The summed E-state index contributed by atoms with van der Waals surface area (Å²) in [5.74, 6) is -1.92. The summed E-state index contributed by atoms with van der Waals surface area (Å²) in [4.78, 5) is 42.8. The van der Waals surface area contributed by atoms with Crippen molar-refractivity contribution in [2.45, 2.75) is 19.9 Å². The van der Waals surface area contributed by atoms with Crippen LogP contribution in [-0.4, -0.2) is 39.2 Å². The first kappa shape index (κ1) is 20.9. The van der Waals surface area contributed by atoms with Crippen molar-refractivity contribution in [1.82, 2.24) is 20.1 Å². The third kappa shape index (κ3) is 4.39.